The zero-order valence-electron chi connectivity index (χ0n) is 16.1. The number of alkyl halides is 3. The van der Waals surface area contributed by atoms with Crippen LogP contribution in [0.3, 0.4) is 0 Å². The Kier molecular flexibility index (Phi) is 7.45. The Bertz CT molecular complexity index is 776. The normalized spacial score (nSPS) is 13.6. The Hall–Kier alpha value is -2.54. The summed E-state index contributed by atoms with van der Waals surface area (Å²) in [6, 6.07) is 12.4. The number of para-hydroxylation sites is 1. The second-order valence-corrected chi connectivity index (χ2v) is 6.60. The number of nitrogens with one attached hydrogen (secondary N) is 2. The first kappa shape index (κ1) is 21.8. The third kappa shape index (κ3) is 5.99. The average Bonchev–Trinajstić information content (AvgIpc) is 2.65. The van der Waals surface area contributed by atoms with Crippen molar-refractivity contribution >= 4 is 11.6 Å². The minimum absolute atomic E-state index is 0.0242. The number of carbonyl (C=O) groups is 1. The summed E-state index contributed by atoms with van der Waals surface area (Å²) in [7, 11) is 1.60. The van der Waals surface area contributed by atoms with Gasteiger partial charge in [0.2, 0.25) is 5.91 Å². The van der Waals surface area contributed by atoms with Crippen molar-refractivity contribution in [3.05, 3.63) is 59.7 Å². The lowest BCUT2D eigenvalue weighted by Crippen LogP contribution is -2.33. The van der Waals surface area contributed by atoms with Crippen molar-refractivity contribution in [2.75, 3.05) is 12.4 Å². The molecule has 152 valence electrons. The van der Waals surface area contributed by atoms with E-state index in [0.717, 1.165) is 23.8 Å². The zero-order chi connectivity index (χ0) is 20.7. The highest BCUT2D eigenvalue weighted by Gasteiger charge is 2.33. The molecule has 0 bridgehead atoms. The van der Waals surface area contributed by atoms with E-state index in [0.29, 0.717) is 0 Å². The van der Waals surface area contributed by atoms with Crippen LogP contribution < -0.4 is 15.4 Å². The fraction of sp³-hybridized carbons (Fsp3) is 0.381. The van der Waals surface area contributed by atoms with E-state index in [1.165, 1.54) is 18.2 Å². The summed E-state index contributed by atoms with van der Waals surface area (Å²) in [6.45, 7) is 3.86. The van der Waals surface area contributed by atoms with Crippen molar-refractivity contribution in [1.29, 1.82) is 0 Å². The maximum Gasteiger partial charge on any atom is 0.418 e. The highest BCUT2D eigenvalue weighted by atomic mass is 19.4. The second kappa shape index (κ2) is 9.59. The van der Waals surface area contributed by atoms with Crippen LogP contribution in [-0.2, 0) is 11.0 Å². The molecule has 0 saturated heterocycles. The van der Waals surface area contributed by atoms with E-state index in [1.54, 1.807) is 7.11 Å². The molecule has 0 spiro atoms. The Morgan fingerprint density at radius 2 is 1.75 bits per heavy atom. The van der Waals surface area contributed by atoms with Crippen LogP contribution in [-0.4, -0.2) is 19.1 Å². The molecule has 0 aromatic heterocycles. The fourth-order valence-corrected chi connectivity index (χ4v) is 3.01. The van der Waals surface area contributed by atoms with Crippen molar-refractivity contribution in [1.82, 2.24) is 5.32 Å². The highest BCUT2D eigenvalue weighted by Crippen LogP contribution is 2.34. The van der Waals surface area contributed by atoms with E-state index >= 15 is 0 Å². The molecule has 0 fully saturated rings. The van der Waals surface area contributed by atoms with Crippen LogP contribution in [0.4, 0.5) is 18.9 Å². The first-order valence-corrected chi connectivity index (χ1v) is 9.10. The predicted octanol–water partition coefficient (Wildman–Crippen LogP) is 5.17. The van der Waals surface area contributed by atoms with Gasteiger partial charge in [-0.05, 0) is 43.2 Å². The number of hydrogen-bond acceptors (Lipinski definition) is 3. The molecule has 0 aliphatic heterocycles. The quantitative estimate of drug-likeness (QED) is 0.649. The molecule has 0 aliphatic rings. The van der Waals surface area contributed by atoms with Crippen LogP contribution in [0.2, 0.25) is 0 Å². The molecule has 2 aromatic rings. The van der Waals surface area contributed by atoms with Gasteiger partial charge < -0.3 is 15.4 Å². The van der Waals surface area contributed by atoms with Crippen molar-refractivity contribution in [2.45, 2.75) is 44.9 Å². The van der Waals surface area contributed by atoms with Gasteiger partial charge in [0.15, 0.2) is 0 Å². The predicted molar refractivity (Wildman–Crippen MR) is 103 cm³/mol. The van der Waals surface area contributed by atoms with Gasteiger partial charge in [-0.2, -0.15) is 13.2 Å². The molecule has 7 heteroatoms. The Labute approximate surface area is 163 Å². The third-order valence-corrected chi connectivity index (χ3v) is 4.41. The maximum absolute atomic E-state index is 13.0. The molecule has 0 aliphatic carbocycles. The van der Waals surface area contributed by atoms with Crippen LogP contribution >= 0.6 is 0 Å². The average molecular weight is 394 g/mol. The summed E-state index contributed by atoms with van der Waals surface area (Å²) >= 11 is 0. The molecule has 28 heavy (non-hydrogen) atoms. The lowest BCUT2D eigenvalue weighted by atomic mass is 10.0. The monoisotopic (exact) mass is 394 g/mol. The summed E-state index contributed by atoms with van der Waals surface area (Å²) in [5.74, 6) is 0.288. The summed E-state index contributed by atoms with van der Waals surface area (Å²) < 4.78 is 44.3. The summed E-state index contributed by atoms with van der Waals surface area (Å²) in [5.41, 5.74) is -0.0269. The van der Waals surface area contributed by atoms with E-state index in [9.17, 15) is 18.0 Å². The number of hydrogen-bond donors (Lipinski definition) is 2. The van der Waals surface area contributed by atoms with Gasteiger partial charge in [-0.3, -0.25) is 4.79 Å². The number of methoxy groups -OCH3 is 1. The smallest absolute Gasteiger partial charge is 0.418 e. The van der Waals surface area contributed by atoms with Gasteiger partial charge in [-0.25, -0.2) is 0 Å². The largest absolute Gasteiger partial charge is 0.497 e. The standard InChI is InChI=1S/C21H25F3N2O2/c1-4-18(15-9-11-16(28-3)12-10-15)25-14(2)13-20(27)26-19-8-6-5-7-17(19)21(22,23)24/h5-12,14,18,25H,4,13H2,1-3H3,(H,26,27). The van der Waals surface area contributed by atoms with E-state index in [-0.39, 0.29) is 24.2 Å². The van der Waals surface area contributed by atoms with Crippen molar-refractivity contribution in [3.8, 4) is 5.75 Å². The number of rotatable bonds is 8. The molecule has 0 saturated carbocycles. The first-order chi connectivity index (χ1) is 13.2. The van der Waals surface area contributed by atoms with Crippen molar-refractivity contribution in [2.24, 2.45) is 0 Å². The molecule has 0 heterocycles. The van der Waals surface area contributed by atoms with Gasteiger partial charge in [0.1, 0.15) is 5.75 Å². The van der Waals surface area contributed by atoms with E-state index in [4.69, 9.17) is 4.74 Å². The number of benzene rings is 2. The molecule has 0 radical (unpaired) electrons. The highest BCUT2D eigenvalue weighted by molar-refractivity contribution is 5.92. The van der Waals surface area contributed by atoms with Crippen molar-refractivity contribution < 1.29 is 22.7 Å². The van der Waals surface area contributed by atoms with Gasteiger partial charge in [-0.1, -0.05) is 31.2 Å². The maximum atomic E-state index is 13.0. The summed E-state index contributed by atoms with van der Waals surface area (Å²) in [5, 5.41) is 5.74. The summed E-state index contributed by atoms with van der Waals surface area (Å²) in [6.07, 6.45) is -3.66. The van der Waals surface area contributed by atoms with Crippen LogP contribution in [0.5, 0.6) is 5.75 Å². The van der Waals surface area contributed by atoms with Gasteiger partial charge >= 0.3 is 6.18 Å². The number of halogens is 3. The second-order valence-electron chi connectivity index (χ2n) is 6.60. The van der Waals surface area contributed by atoms with Crippen LogP contribution in [0.15, 0.2) is 48.5 Å². The SMILES string of the molecule is CCC(NC(C)CC(=O)Nc1ccccc1C(F)(F)F)c1ccc(OC)cc1. The van der Waals surface area contributed by atoms with E-state index in [2.05, 4.69) is 10.6 Å². The van der Waals surface area contributed by atoms with Gasteiger partial charge in [0, 0.05) is 18.5 Å². The molecule has 4 nitrogen and oxygen atoms in total. The molecular weight excluding hydrogens is 369 g/mol. The number of amides is 1. The minimum Gasteiger partial charge on any atom is -0.497 e. The minimum atomic E-state index is -4.52. The Balaban J connectivity index is 1.98. The van der Waals surface area contributed by atoms with Gasteiger partial charge in [-0.15, -0.1) is 0 Å². The molecule has 2 aromatic carbocycles. The molecule has 2 unspecified atom stereocenters. The molecule has 2 N–H and O–H groups in total. The fourth-order valence-electron chi connectivity index (χ4n) is 3.01. The Morgan fingerprint density at radius 1 is 1.11 bits per heavy atom. The first-order valence-electron chi connectivity index (χ1n) is 9.10. The van der Waals surface area contributed by atoms with Crippen molar-refractivity contribution in [3.63, 3.8) is 0 Å². The van der Waals surface area contributed by atoms with E-state index < -0.39 is 17.6 Å². The van der Waals surface area contributed by atoms with Gasteiger partial charge in [0.25, 0.3) is 0 Å². The van der Waals surface area contributed by atoms with Gasteiger partial charge in [0.05, 0.1) is 18.4 Å². The number of ether oxygens (including phenoxy) is 1. The Morgan fingerprint density at radius 3 is 2.32 bits per heavy atom. The number of carbonyl (C=O) groups excluding carboxylic acids is 1. The lowest BCUT2D eigenvalue weighted by Gasteiger charge is -2.23. The molecule has 2 atom stereocenters. The molecule has 2 rings (SSSR count). The lowest BCUT2D eigenvalue weighted by molar-refractivity contribution is -0.137. The number of anilines is 1. The van der Waals surface area contributed by atoms with Crippen LogP contribution in [0, 0.1) is 0 Å². The van der Waals surface area contributed by atoms with Crippen LogP contribution in [0.25, 0.3) is 0 Å². The molecule has 1 amide bonds. The molecular formula is C21H25F3N2O2. The third-order valence-electron chi connectivity index (χ3n) is 4.41. The van der Waals surface area contributed by atoms with Crippen LogP contribution in [0.1, 0.15) is 43.9 Å². The topological polar surface area (TPSA) is 50.4 Å². The summed E-state index contributed by atoms with van der Waals surface area (Å²) in [4.78, 5) is 12.3. The zero-order valence-corrected chi connectivity index (χ0v) is 16.1. The van der Waals surface area contributed by atoms with E-state index in [1.807, 2.05) is 38.1 Å².